The van der Waals surface area contributed by atoms with E-state index in [1.165, 1.54) is 12.1 Å². The second-order valence-electron chi connectivity index (χ2n) is 3.67. The second kappa shape index (κ2) is 2.59. The fourth-order valence-electron chi connectivity index (χ4n) is 1.85. The number of hydrogen-bond donors (Lipinski definition) is 1. The normalized spacial score (nSPS) is 27.6. The Labute approximate surface area is 72.6 Å². The van der Waals surface area contributed by atoms with Crippen molar-refractivity contribution >= 4 is 0 Å². The summed E-state index contributed by atoms with van der Waals surface area (Å²) >= 11 is 0. The van der Waals surface area contributed by atoms with E-state index in [1.807, 2.05) is 18.7 Å². The van der Waals surface area contributed by atoms with Gasteiger partial charge in [0.05, 0.1) is 5.69 Å². The molecule has 1 heterocycles. The summed E-state index contributed by atoms with van der Waals surface area (Å²) in [5.41, 5.74) is 8.05. The van der Waals surface area contributed by atoms with E-state index in [4.69, 9.17) is 5.73 Å². The summed E-state index contributed by atoms with van der Waals surface area (Å²) in [7, 11) is 2.01. The molecule has 1 aromatic rings. The van der Waals surface area contributed by atoms with Crippen molar-refractivity contribution in [3.05, 3.63) is 17.5 Å². The number of rotatable bonds is 2. The minimum atomic E-state index is 0.682. The number of hydrogen-bond acceptors (Lipinski definition) is 2. The van der Waals surface area contributed by atoms with Crippen molar-refractivity contribution in [1.82, 2.24) is 9.78 Å². The zero-order valence-electron chi connectivity index (χ0n) is 7.62. The summed E-state index contributed by atoms with van der Waals surface area (Å²) in [5.74, 6) is 1.39. The van der Waals surface area contributed by atoms with Gasteiger partial charge in [0.2, 0.25) is 0 Å². The molecule has 2 atom stereocenters. The predicted molar refractivity (Wildman–Crippen MR) is 47.8 cm³/mol. The van der Waals surface area contributed by atoms with Gasteiger partial charge in [0, 0.05) is 18.7 Å². The van der Waals surface area contributed by atoms with E-state index in [1.54, 1.807) is 0 Å². The van der Waals surface area contributed by atoms with Crippen molar-refractivity contribution in [2.45, 2.75) is 19.3 Å². The minimum absolute atomic E-state index is 0.682. The van der Waals surface area contributed by atoms with E-state index in [0.717, 1.165) is 12.2 Å². The zero-order valence-corrected chi connectivity index (χ0v) is 7.62. The van der Waals surface area contributed by atoms with Crippen LogP contribution in [-0.2, 0) is 7.05 Å². The molecule has 1 saturated carbocycles. The summed E-state index contributed by atoms with van der Waals surface area (Å²) in [4.78, 5) is 0. The van der Waals surface area contributed by atoms with E-state index in [9.17, 15) is 0 Å². The van der Waals surface area contributed by atoms with Crippen LogP contribution in [0.15, 0.2) is 6.07 Å². The molecule has 0 saturated heterocycles. The SMILES string of the molecule is Cc1cc(C2CC2CN)n(C)n1. The van der Waals surface area contributed by atoms with E-state index in [-0.39, 0.29) is 0 Å². The van der Waals surface area contributed by atoms with Gasteiger partial charge < -0.3 is 5.73 Å². The first kappa shape index (κ1) is 7.80. The average Bonchev–Trinajstić information content (AvgIpc) is 2.72. The summed E-state index contributed by atoms with van der Waals surface area (Å²) in [6.07, 6.45) is 1.25. The molecule has 1 aliphatic rings. The highest BCUT2D eigenvalue weighted by atomic mass is 15.3. The zero-order chi connectivity index (χ0) is 8.72. The van der Waals surface area contributed by atoms with Crippen LogP contribution in [0.3, 0.4) is 0 Å². The first-order valence-electron chi connectivity index (χ1n) is 4.43. The molecule has 0 spiro atoms. The lowest BCUT2D eigenvalue weighted by molar-refractivity contribution is 0.685. The second-order valence-corrected chi connectivity index (χ2v) is 3.67. The van der Waals surface area contributed by atoms with Crippen LogP contribution in [0.4, 0.5) is 0 Å². The van der Waals surface area contributed by atoms with Gasteiger partial charge in [-0.3, -0.25) is 4.68 Å². The first-order chi connectivity index (χ1) is 5.72. The molecule has 12 heavy (non-hydrogen) atoms. The van der Waals surface area contributed by atoms with Gasteiger partial charge in [0.25, 0.3) is 0 Å². The molecule has 66 valence electrons. The number of nitrogens with two attached hydrogens (primary N) is 1. The van der Waals surface area contributed by atoms with Crippen LogP contribution in [0.5, 0.6) is 0 Å². The summed E-state index contributed by atoms with van der Waals surface area (Å²) in [5, 5.41) is 4.32. The molecule has 2 unspecified atom stereocenters. The quantitative estimate of drug-likeness (QED) is 0.704. The Hall–Kier alpha value is -0.830. The Morgan fingerprint density at radius 2 is 2.50 bits per heavy atom. The fourth-order valence-corrected chi connectivity index (χ4v) is 1.85. The minimum Gasteiger partial charge on any atom is -0.330 e. The van der Waals surface area contributed by atoms with Gasteiger partial charge in [-0.25, -0.2) is 0 Å². The van der Waals surface area contributed by atoms with Crippen LogP contribution in [0, 0.1) is 12.8 Å². The largest absolute Gasteiger partial charge is 0.330 e. The lowest BCUT2D eigenvalue weighted by Gasteiger charge is -1.98. The molecule has 0 aromatic carbocycles. The van der Waals surface area contributed by atoms with Crippen molar-refractivity contribution in [2.24, 2.45) is 18.7 Å². The molecule has 0 aliphatic heterocycles. The molecular formula is C9H15N3. The smallest absolute Gasteiger partial charge is 0.0596 e. The maximum absolute atomic E-state index is 5.59. The maximum Gasteiger partial charge on any atom is 0.0596 e. The Kier molecular flexibility index (Phi) is 1.68. The third-order valence-electron chi connectivity index (χ3n) is 2.64. The third-order valence-corrected chi connectivity index (χ3v) is 2.64. The van der Waals surface area contributed by atoms with Gasteiger partial charge in [0.1, 0.15) is 0 Å². The Morgan fingerprint density at radius 1 is 1.75 bits per heavy atom. The van der Waals surface area contributed by atoms with Crippen molar-refractivity contribution in [3.8, 4) is 0 Å². The Bertz CT molecular complexity index is 290. The molecule has 0 bridgehead atoms. The van der Waals surface area contributed by atoms with E-state index >= 15 is 0 Å². The lowest BCUT2D eigenvalue weighted by atomic mass is 10.2. The Balaban J connectivity index is 2.19. The predicted octanol–water partition coefficient (Wildman–Crippen LogP) is 0.791. The van der Waals surface area contributed by atoms with Crippen LogP contribution in [0.1, 0.15) is 23.7 Å². The van der Waals surface area contributed by atoms with Gasteiger partial charge in [-0.05, 0) is 31.9 Å². The molecule has 0 radical (unpaired) electrons. The molecule has 1 fully saturated rings. The fraction of sp³-hybridized carbons (Fsp3) is 0.667. The van der Waals surface area contributed by atoms with Crippen LogP contribution < -0.4 is 5.73 Å². The third kappa shape index (κ3) is 1.14. The van der Waals surface area contributed by atoms with Crippen LogP contribution >= 0.6 is 0 Å². The van der Waals surface area contributed by atoms with Gasteiger partial charge in [-0.15, -0.1) is 0 Å². The summed E-state index contributed by atoms with van der Waals surface area (Å²) < 4.78 is 1.98. The van der Waals surface area contributed by atoms with Gasteiger partial charge in [-0.1, -0.05) is 0 Å². The highest BCUT2D eigenvalue weighted by molar-refractivity contribution is 5.20. The molecule has 2 rings (SSSR count). The molecule has 1 aliphatic carbocycles. The summed E-state index contributed by atoms with van der Waals surface area (Å²) in [6, 6.07) is 2.17. The van der Waals surface area contributed by atoms with Crippen molar-refractivity contribution in [1.29, 1.82) is 0 Å². The van der Waals surface area contributed by atoms with Crippen LogP contribution in [0.25, 0.3) is 0 Å². The number of aromatic nitrogens is 2. The van der Waals surface area contributed by atoms with Gasteiger partial charge in [0.15, 0.2) is 0 Å². The average molecular weight is 165 g/mol. The topological polar surface area (TPSA) is 43.8 Å². The van der Waals surface area contributed by atoms with Gasteiger partial charge >= 0.3 is 0 Å². The van der Waals surface area contributed by atoms with E-state index in [0.29, 0.717) is 11.8 Å². The molecule has 1 aromatic heterocycles. The first-order valence-corrected chi connectivity index (χ1v) is 4.43. The van der Waals surface area contributed by atoms with Crippen molar-refractivity contribution < 1.29 is 0 Å². The Morgan fingerprint density at radius 3 is 2.92 bits per heavy atom. The van der Waals surface area contributed by atoms with E-state index in [2.05, 4.69) is 11.2 Å². The van der Waals surface area contributed by atoms with Gasteiger partial charge in [-0.2, -0.15) is 5.10 Å². The molecule has 0 amide bonds. The molecule has 3 heteroatoms. The number of nitrogens with zero attached hydrogens (tertiary/aromatic N) is 2. The standard InChI is InChI=1S/C9H15N3/c1-6-3-9(12(2)11-6)8-4-7(8)5-10/h3,7-8H,4-5,10H2,1-2H3. The van der Waals surface area contributed by atoms with E-state index < -0.39 is 0 Å². The van der Waals surface area contributed by atoms with Crippen molar-refractivity contribution in [3.63, 3.8) is 0 Å². The lowest BCUT2D eigenvalue weighted by Crippen LogP contribution is -2.04. The number of aryl methyl sites for hydroxylation is 2. The van der Waals surface area contributed by atoms with Crippen molar-refractivity contribution in [2.75, 3.05) is 6.54 Å². The monoisotopic (exact) mass is 165 g/mol. The maximum atomic E-state index is 5.59. The molecular weight excluding hydrogens is 150 g/mol. The molecule has 2 N–H and O–H groups in total. The van der Waals surface area contributed by atoms with Crippen LogP contribution in [-0.4, -0.2) is 16.3 Å². The highest BCUT2D eigenvalue weighted by Crippen LogP contribution is 2.46. The van der Waals surface area contributed by atoms with Crippen LogP contribution in [0.2, 0.25) is 0 Å². The summed E-state index contributed by atoms with van der Waals surface area (Å²) in [6.45, 7) is 2.85. The molecule has 3 nitrogen and oxygen atoms in total. The highest BCUT2D eigenvalue weighted by Gasteiger charge is 2.38.